The molecular weight excluding hydrogens is 187 g/mol. The van der Waals surface area contributed by atoms with Crippen LogP contribution in [0.15, 0.2) is 30.3 Å². The van der Waals surface area contributed by atoms with Crippen LogP contribution in [0.3, 0.4) is 0 Å². The van der Waals surface area contributed by atoms with Crippen molar-refractivity contribution in [2.24, 2.45) is 0 Å². The Kier molecular flexibility index (Phi) is 1.79. The molecule has 0 N–H and O–H groups in total. The van der Waals surface area contributed by atoms with Gasteiger partial charge in [-0.05, 0) is 0 Å². The molecule has 1 atom stereocenters. The molecular formula is C9H10Se. The van der Waals surface area contributed by atoms with Gasteiger partial charge >= 0.3 is 67.4 Å². The molecule has 0 bridgehead atoms. The molecule has 10 heavy (non-hydrogen) atoms. The molecule has 1 fully saturated rings. The van der Waals surface area contributed by atoms with Crippen LogP contribution in [0.25, 0.3) is 0 Å². The van der Waals surface area contributed by atoms with Gasteiger partial charge in [0.25, 0.3) is 0 Å². The first kappa shape index (κ1) is 6.45. The Morgan fingerprint density at radius 1 is 1.20 bits per heavy atom. The molecule has 0 unspecified atom stereocenters. The van der Waals surface area contributed by atoms with E-state index in [1.807, 2.05) is 0 Å². The third kappa shape index (κ3) is 1.12. The van der Waals surface area contributed by atoms with Crippen molar-refractivity contribution in [3.8, 4) is 0 Å². The fourth-order valence-electron chi connectivity index (χ4n) is 1.17. The number of rotatable bonds is 1. The van der Waals surface area contributed by atoms with Gasteiger partial charge in [-0.3, -0.25) is 0 Å². The molecule has 0 spiro atoms. The molecule has 1 heterocycles. The molecule has 0 nitrogen and oxygen atoms in total. The van der Waals surface area contributed by atoms with Crippen molar-refractivity contribution in [3.05, 3.63) is 35.9 Å². The molecule has 1 aromatic carbocycles. The summed E-state index contributed by atoms with van der Waals surface area (Å²) >= 11 is 0.918. The molecule has 0 radical (unpaired) electrons. The monoisotopic (exact) mass is 198 g/mol. The van der Waals surface area contributed by atoms with Gasteiger partial charge in [0.1, 0.15) is 0 Å². The minimum atomic E-state index is 0.918. The molecule has 0 aliphatic carbocycles. The van der Waals surface area contributed by atoms with Gasteiger partial charge in [-0.25, -0.2) is 0 Å². The standard InChI is InChI=1S/C9H10Se/c1-2-4-8(5-3-1)9-6-7-10-9/h1-5,9H,6-7H2/t9-/m1/s1. The predicted octanol–water partition coefficient (Wildman–Crippen LogP) is 2.25. The molecule has 0 amide bonds. The molecule has 0 saturated carbocycles. The minimum absolute atomic E-state index is 0.918. The van der Waals surface area contributed by atoms with Crippen LogP contribution in [0.4, 0.5) is 0 Å². The van der Waals surface area contributed by atoms with Crippen LogP contribution in [0.2, 0.25) is 5.32 Å². The van der Waals surface area contributed by atoms with Gasteiger partial charge in [-0.15, -0.1) is 0 Å². The molecule has 1 aliphatic rings. The van der Waals surface area contributed by atoms with Crippen molar-refractivity contribution in [2.45, 2.75) is 16.6 Å². The normalized spacial score (nSPS) is 23.8. The number of hydrogen-bond acceptors (Lipinski definition) is 0. The quantitative estimate of drug-likeness (QED) is 0.606. The summed E-state index contributed by atoms with van der Waals surface area (Å²) in [4.78, 5) is 0.952. The first-order valence-corrected chi connectivity index (χ1v) is 5.83. The van der Waals surface area contributed by atoms with Crippen LogP contribution >= 0.6 is 0 Å². The van der Waals surface area contributed by atoms with Crippen molar-refractivity contribution < 1.29 is 0 Å². The zero-order valence-electron chi connectivity index (χ0n) is 5.79. The summed E-state index contributed by atoms with van der Waals surface area (Å²) in [6, 6.07) is 10.9. The summed E-state index contributed by atoms with van der Waals surface area (Å²) < 4.78 is 0. The third-order valence-electron chi connectivity index (χ3n) is 1.87. The van der Waals surface area contributed by atoms with Gasteiger partial charge in [0.2, 0.25) is 0 Å². The fraction of sp³-hybridized carbons (Fsp3) is 0.333. The van der Waals surface area contributed by atoms with E-state index in [1.54, 1.807) is 5.56 Å². The SMILES string of the molecule is c1ccc([C@H]2CC[Se]2)cc1. The van der Waals surface area contributed by atoms with E-state index in [0.29, 0.717) is 0 Å². The van der Waals surface area contributed by atoms with E-state index >= 15 is 0 Å². The third-order valence-corrected chi connectivity index (χ3v) is 4.77. The van der Waals surface area contributed by atoms with Crippen LogP contribution in [-0.4, -0.2) is 15.0 Å². The first-order valence-electron chi connectivity index (χ1n) is 3.63. The Morgan fingerprint density at radius 3 is 2.40 bits per heavy atom. The van der Waals surface area contributed by atoms with Crippen LogP contribution in [0, 0.1) is 0 Å². The Bertz CT molecular complexity index is 201. The summed E-state index contributed by atoms with van der Waals surface area (Å²) in [6.45, 7) is 0. The Morgan fingerprint density at radius 2 is 1.90 bits per heavy atom. The van der Waals surface area contributed by atoms with Crippen LogP contribution in [-0.2, 0) is 0 Å². The van der Waals surface area contributed by atoms with Gasteiger partial charge in [-0.1, -0.05) is 0 Å². The summed E-state index contributed by atoms with van der Waals surface area (Å²) in [5.74, 6) is 0. The Hall–Kier alpha value is -0.261. The summed E-state index contributed by atoms with van der Waals surface area (Å²) in [5, 5.41) is 1.49. The van der Waals surface area contributed by atoms with Gasteiger partial charge in [0.15, 0.2) is 0 Å². The molecule has 1 aromatic rings. The zero-order chi connectivity index (χ0) is 6.81. The second-order valence-electron chi connectivity index (χ2n) is 2.56. The first-order chi connectivity index (χ1) is 4.97. The van der Waals surface area contributed by atoms with E-state index in [2.05, 4.69) is 30.3 Å². The molecule has 2 rings (SSSR count). The maximum atomic E-state index is 2.26. The van der Waals surface area contributed by atoms with Gasteiger partial charge < -0.3 is 0 Å². The van der Waals surface area contributed by atoms with Gasteiger partial charge in [0.05, 0.1) is 0 Å². The maximum absolute atomic E-state index is 2.26. The molecule has 0 aromatic heterocycles. The number of benzene rings is 1. The topological polar surface area (TPSA) is 0 Å². The van der Waals surface area contributed by atoms with Crippen LogP contribution in [0.5, 0.6) is 0 Å². The summed E-state index contributed by atoms with van der Waals surface area (Å²) in [5.41, 5.74) is 1.56. The van der Waals surface area contributed by atoms with Crippen molar-refractivity contribution in [2.75, 3.05) is 0 Å². The van der Waals surface area contributed by atoms with E-state index in [-0.39, 0.29) is 0 Å². The molecule has 1 saturated heterocycles. The average molecular weight is 197 g/mol. The second-order valence-corrected chi connectivity index (χ2v) is 5.31. The summed E-state index contributed by atoms with van der Waals surface area (Å²) in [6.07, 6.45) is 1.43. The van der Waals surface area contributed by atoms with Gasteiger partial charge in [-0.2, -0.15) is 0 Å². The molecule has 1 aliphatic heterocycles. The fourth-order valence-corrected chi connectivity index (χ4v) is 2.89. The van der Waals surface area contributed by atoms with Crippen molar-refractivity contribution >= 4 is 15.0 Å². The van der Waals surface area contributed by atoms with Crippen molar-refractivity contribution in [3.63, 3.8) is 0 Å². The summed E-state index contributed by atoms with van der Waals surface area (Å²) in [7, 11) is 0. The van der Waals surface area contributed by atoms with E-state index < -0.39 is 0 Å². The van der Waals surface area contributed by atoms with Crippen molar-refractivity contribution in [1.82, 2.24) is 0 Å². The second kappa shape index (κ2) is 2.77. The molecule has 1 heteroatoms. The van der Waals surface area contributed by atoms with E-state index in [0.717, 1.165) is 19.8 Å². The Balaban J connectivity index is 2.18. The average Bonchev–Trinajstić information content (AvgIpc) is 1.86. The van der Waals surface area contributed by atoms with E-state index in [9.17, 15) is 0 Å². The van der Waals surface area contributed by atoms with Crippen LogP contribution in [0.1, 0.15) is 16.8 Å². The van der Waals surface area contributed by atoms with Crippen molar-refractivity contribution in [1.29, 1.82) is 0 Å². The molecule has 52 valence electrons. The number of hydrogen-bond donors (Lipinski definition) is 0. The predicted molar refractivity (Wildman–Crippen MR) is 44.4 cm³/mol. The van der Waals surface area contributed by atoms with Crippen LogP contribution < -0.4 is 0 Å². The zero-order valence-corrected chi connectivity index (χ0v) is 7.50. The van der Waals surface area contributed by atoms with Gasteiger partial charge in [0, 0.05) is 0 Å². The van der Waals surface area contributed by atoms with E-state index in [1.165, 1.54) is 11.7 Å². The Labute approximate surface area is 67.8 Å². The van der Waals surface area contributed by atoms with E-state index in [4.69, 9.17) is 0 Å².